The van der Waals surface area contributed by atoms with Crippen molar-refractivity contribution in [1.29, 1.82) is 0 Å². The van der Waals surface area contributed by atoms with Crippen molar-refractivity contribution in [3.8, 4) is 11.8 Å². The van der Waals surface area contributed by atoms with Gasteiger partial charge in [-0.3, -0.25) is 4.79 Å². The van der Waals surface area contributed by atoms with Gasteiger partial charge >= 0.3 is 6.09 Å². The van der Waals surface area contributed by atoms with E-state index in [0.29, 0.717) is 24.9 Å². The Hall–Kier alpha value is -1.70. The second-order valence-electron chi connectivity index (χ2n) is 7.12. The monoisotopic (exact) mass is 306 g/mol. The Morgan fingerprint density at radius 3 is 2.50 bits per heavy atom. The Balaban J connectivity index is 2.01. The van der Waals surface area contributed by atoms with Crippen molar-refractivity contribution in [1.82, 2.24) is 10.2 Å². The van der Waals surface area contributed by atoms with E-state index >= 15 is 0 Å². The van der Waals surface area contributed by atoms with Gasteiger partial charge in [0.05, 0.1) is 6.04 Å². The maximum absolute atomic E-state index is 12.4. The van der Waals surface area contributed by atoms with E-state index in [1.165, 1.54) is 12.8 Å². The molecule has 0 aromatic heterocycles. The topological polar surface area (TPSA) is 58.6 Å². The van der Waals surface area contributed by atoms with E-state index in [1.54, 1.807) is 11.8 Å². The van der Waals surface area contributed by atoms with Crippen molar-refractivity contribution in [2.75, 3.05) is 13.1 Å². The molecule has 2 rings (SSSR count). The van der Waals surface area contributed by atoms with Crippen LogP contribution in [0.2, 0.25) is 0 Å². The SMILES string of the molecule is CC#CC(=O)NCC1C(C2CC2)CCN1C(=O)OC(C)(C)C. The first-order chi connectivity index (χ1) is 10.3. The molecule has 1 saturated carbocycles. The molecule has 2 fully saturated rings. The minimum atomic E-state index is -0.504. The van der Waals surface area contributed by atoms with Gasteiger partial charge in [-0.2, -0.15) is 0 Å². The molecule has 1 heterocycles. The molecule has 2 atom stereocenters. The summed E-state index contributed by atoms with van der Waals surface area (Å²) in [5.74, 6) is 5.93. The number of rotatable bonds is 3. The molecule has 1 aliphatic heterocycles. The number of amides is 2. The molecule has 5 nitrogen and oxygen atoms in total. The minimum Gasteiger partial charge on any atom is -0.444 e. The van der Waals surface area contributed by atoms with Crippen molar-refractivity contribution >= 4 is 12.0 Å². The number of carbonyl (C=O) groups is 2. The fourth-order valence-electron chi connectivity index (χ4n) is 3.12. The van der Waals surface area contributed by atoms with Crippen molar-refractivity contribution in [3.63, 3.8) is 0 Å². The predicted molar refractivity (Wildman–Crippen MR) is 84.0 cm³/mol. The summed E-state index contributed by atoms with van der Waals surface area (Å²) < 4.78 is 5.50. The van der Waals surface area contributed by atoms with Gasteiger partial charge in [0.15, 0.2) is 0 Å². The van der Waals surface area contributed by atoms with Crippen LogP contribution < -0.4 is 5.32 Å². The molecular weight excluding hydrogens is 280 g/mol. The first kappa shape index (κ1) is 16.7. The highest BCUT2D eigenvalue weighted by molar-refractivity contribution is 5.93. The van der Waals surface area contributed by atoms with Gasteiger partial charge in [0, 0.05) is 13.1 Å². The lowest BCUT2D eigenvalue weighted by atomic mass is 9.95. The Morgan fingerprint density at radius 1 is 1.27 bits per heavy atom. The fourth-order valence-corrected chi connectivity index (χ4v) is 3.12. The molecule has 0 spiro atoms. The van der Waals surface area contributed by atoms with Crippen LogP contribution in [0.15, 0.2) is 0 Å². The van der Waals surface area contributed by atoms with Gasteiger partial charge in [0.1, 0.15) is 5.60 Å². The lowest BCUT2D eigenvalue weighted by Crippen LogP contribution is -2.47. The minimum absolute atomic E-state index is 0.0185. The van der Waals surface area contributed by atoms with Gasteiger partial charge in [-0.25, -0.2) is 4.79 Å². The van der Waals surface area contributed by atoms with Crippen molar-refractivity contribution in [3.05, 3.63) is 0 Å². The molecule has 0 bridgehead atoms. The van der Waals surface area contributed by atoms with Crippen LogP contribution in [0.25, 0.3) is 0 Å². The Labute approximate surface area is 132 Å². The van der Waals surface area contributed by atoms with Crippen LogP contribution >= 0.6 is 0 Å². The van der Waals surface area contributed by atoms with E-state index in [9.17, 15) is 9.59 Å². The molecule has 2 unspecified atom stereocenters. The second-order valence-corrected chi connectivity index (χ2v) is 7.12. The van der Waals surface area contributed by atoms with E-state index in [1.807, 2.05) is 20.8 Å². The zero-order valence-corrected chi connectivity index (χ0v) is 13.9. The molecule has 1 saturated heterocycles. The standard InChI is InChI=1S/C17H26N2O3/c1-5-6-15(20)18-11-14-13(12-7-8-12)9-10-19(14)16(21)22-17(2,3)4/h12-14H,7-11H2,1-4H3,(H,18,20). The largest absolute Gasteiger partial charge is 0.444 e. The van der Waals surface area contributed by atoms with E-state index in [4.69, 9.17) is 4.74 Å². The fraction of sp³-hybridized carbons (Fsp3) is 0.765. The molecule has 22 heavy (non-hydrogen) atoms. The first-order valence-electron chi connectivity index (χ1n) is 8.02. The van der Waals surface area contributed by atoms with Crippen LogP contribution in [0.1, 0.15) is 47.0 Å². The molecular formula is C17H26N2O3. The van der Waals surface area contributed by atoms with E-state index < -0.39 is 5.60 Å². The normalized spacial score (nSPS) is 24.5. The summed E-state index contributed by atoms with van der Waals surface area (Å²) >= 11 is 0. The highest BCUT2D eigenvalue weighted by Gasteiger charge is 2.45. The number of nitrogens with zero attached hydrogens (tertiary/aromatic N) is 1. The third kappa shape index (κ3) is 4.40. The van der Waals surface area contributed by atoms with Gasteiger partial charge in [-0.15, -0.1) is 0 Å². The van der Waals surface area contributed by atoms with Crippen LogP contribution in [0.4, 0.5) is 4.79 Å². The number of ether oxygens (including phenoxy) is 1. The third-order valence-corrected chi connectivity index (χ3v) is 4.16. The van der Waals surface area contributed by atoms with E-state index in [2.05, 4.69) is 17.2 Å². The Bertz CT molecular complexity index is 494. The highest BCUT2D eigenvalue weighted by Crippen LogP contribution is 2.44. The summed E-state index contributed by atoms with van der Waals surface area (Å²) in [6, 6.07) is 0.0185. The van der Waals surface area contributed by atoms with E-state index in [0.717, 1.165) is 6.42 Å². The van der Waals surface area contributed by atoms with Crippen molar-refractivity contribution in [2.24, 2.45) is 11.8 Å². The lowest BCUT2D eigenvalue weighted by Gasteiger charge is -2.30. The van der Waals surface area contributed by atoms with Gasteiger partial charge in [0.25, 0.3) is 5.91 Å². The molecule has 0 radical (unpaired) electrons. The van der Waals surface area contributed by atoms with Gasteiger partial charge in [-0.05, 0) is 64.7 Å². The van der Waals surface area contributed by atoms with Crippen LogP contribution in [-0.2, 0) is 9.53 Å². The molecule has 2 amide bonds. The number of nitrogens with one attached hydrogen (secondary N) is 1. The number of likely N-dealkylation sites (tertiary alicyclic amines) is 1. The zero-order chi connectivity index (χ0) is 16.3. The quantitative estimate of drug-likeness (QED) is 0.813. The summed E-state index contributed by atoms with van der Waals surface area (Å²) in [4.78, 5) is 25.8. The molecule has 1 aliphatic carbocycles. The predicted octanol–water partition coefficient (Wildman–Crippen LogP) is 2.16. The Morgan fingerprint density at radius 2 is 1.95 bits per heavy atom. The highest BCUT2D eigenvalue weighted by atomic mass is 16.6. The van der Waals surface area contributed by atoms with Gasteiger partial charge in [0.2, 0.25) is 0 Å². The maximum Gasteiger partial charge on any atom is 0.410 e. The van der Waals surface area contributed by atoms with Crippen LogP contribution in [0, 0.1) is 23.7 Å². The second kappa shape index (κ2) is 6.60. The van der Waals surface area contributed by atoms with Crippen molar-refractivity contribution < 1.29 is 14.3 Å². The summed E-state index contributed by atoms with van der Waals surface area (Å²) in [6.07, 6.45) is 3.17. The number of hydrogen-bond donors (Lipinski definition) is 1. The number of carbonyl (C=O) groups excluding carboxylic acids is 2. The van der Waals surface area contributed by atoms with Gasteiger partial charge in [-0.1, -0.05) is 5.92 Å². The van der Waals surface area contributed by atoms with E-state index in [-0.39, 0.29) is 18.0 Å². The van der Waals surface area contributed by atoms with Crippen LogP contribution in [0.3, 0.4) is 0 Å². The molecule has 2 aliphatic rings. The maximum atomic E-state index is 12.4. The van der Waals surface area contributed by atoms with Gasteiger partial charge < -0.3 is 15.0 Å². The summed E-state index contributed by atoms with van der Waals surface area (Å²) in [5.41, 5.74) is -0.504. The summed E-state index contributed by atoms with van der Waals surface area (Å²) in [6.45, 7) is 8.39. The molecule has 122 valence electrons. The molecule has 1 N–H and O–H groups in total. The molecule has 0 aromatic rings. The lowest BCUT2D eigenvalue weighted by molar-refractivity contribution is -0.116. The molecule has 0 aromatic carbocycles. The number of hydrogen-bond acceptors (Lipinski definition) is 3. The Kier molecular flexibility index (Phi) is 5.00. The zero-order valence-electron chi connectivity index (χ0n) is 13.9. The smallest absolute Gasteiger partial charge is 0.410 e. The molecule has 5 heteroatoms. The average molecular weight is 306 g/mol. The average Bonchev–Trinajstić information content (AvgIpc) is 3.14. The summed E-state index contributed by atoms with van der Waals surface area (Å²) in [5, 5.41) is 2.82. The van der Waals surface area contributed by atoms with Crippen LogP contribution in [0.5, 0.6) is 0 Å². The van der Waals surface area contributed by atoms with Crippen molar-refractivity contribution in [2.45, 2.75) is 58.6 Å². The van der Waals surface area contributed by atoms with Crippen LogP contribution in [-0.4, -0.2) is 41.6 Å². The third-order valence-electron chi connectivity index (χ3n) is 4.16. The first-order valence-corrected chi connectivity index (χ1v) is 8.02. The summed E-state index contributed by atoms with van der Waals surface area (Å²) in [7, 11) is 0.